The first-order valence-electron chi connectivity index (χ1n) is 8.44. The van der Waals surface area contributed by atoms with Gasteiger partial charge in [0.05, 0.1) is 29.4 Å². The first-order chi connectivity index (χ1) is 11.5. The normalized spacial score (nSPS) is 16.0. The van der Waals surface area contributed by atoms with Gasteiger partial charge >= 0.3 is 0 Å². The molecule has 1 heterocycles. The van der Waals surface area contributed by atoms with E-state index in [1.807, 2.05) is 0 Å². The summed E-state index contributed by atoms with van der Waals surface area (Å²) >= 11 is 0. The molecule has 0 bridgehead atoms. The summed E-state index contributed by atoms with van der Waals surface area (Å²) in [5.41, 5.74) is 0.229. The third kappa shape index (κ3) is 5.29. The Morgan fingerprint density at radius 3 is 2.62 bits per heavy atom. The summed E-state index contributed by atoms with van der Waals surface area (Å²) in [7, 11) is -3.40. The molecule has 0 aromatic heterocycles. The summed E-state index contributed by atoms with van der Waals surface area (Å²) in [5, 5.41) is 2.83. The van der Waals surface area contributed by atoms with E-state index in [9.17, 15) is 13.2 Å². The van der Waals surface area contributed by atoms with Crippen LogP contribution < -0.4 is 5.32 Å². The number of unbranched alkanes of at least 4 members (excludes halogenated alkanes) is 1. The second kappa shape index (κ2) is 9.15. The lowest BCUT2D eigenvalue weighted by Crippen LogP contribution is -2.37. The molecule has 134 valence electrons. The molecule has 1 aromatic carbocycles. The molecule has 0 aliphatic carbocycles. The third-order valence-electron chi connectivity index (χ3n) is 4.14. The van der Waals surface area contributed by atoms with Crippen LogP contribution in [0.1, 0.15) is 30.1 Å². The summed E-state index contributed by atoms with van der Waals surface area (Å²) in [6.07, 6.45) is 1.86. The largest absolute Gasteiger partial charge is 0.379 e. The van der Waals surface area contributed by atoms with Gasteiger partial charge in [-0.3, -0.25) is 9.69 Å². The highest BCUT2D eigenvalue weighted by Gasteiger charge is 2.20. The molecule has 0 spiro atoms. The Morgan fingerprint density at radius 1 is 1.21 bits per heavy atom. The van der Waals surface area contributed by atoms with Gasteiger partial charge in [0.1, 0.15) is 0 Å². The van der Waals surface area contributed by atoms with Crippen molar-refractivity contribution in [1.29, 1.82) is 0 Å². The molecule has 2 rings (SSSR count). The van der Waals surface area contributed by atoms with Gasteiger partial charge in [0.15, 0.2) is 9.84 Å². The maximum Gasteiger partial charge on any atom is 0.252 e. The summed E-state index contributed by atoms with van der Waals surface area (Å²) in [4.78, 5) is 14.8. The van der Waals surface area contributed by atoms with Gasteiger partial charge in [-0.15, -0.1) is 0 Å². The highest BCUT2D eigenvalue weighted by Crippen LogP contribution is 2.16. The Balaban J connectivity index is 1.80. The second-order valence-corrected chi connectivity index (χ2v) is 8.06. The number of morpholine rings is 1. The van der Waals surface area contributed by atoms with Gasteiger partial charge in [-0.1, -0.05) is 19.1 Å². The quantitative estimate of drug-likeness (QED) is 0.713. The van der Waals surface area contributed by atoms with Crippen molar-refractivity contribution in [2.24, 2.45) is 0 Å². The number of rotatable bonds is 8. The molecular weight excluding hydrogens is 328 g/mol. The minimum Gasteiger partial charge on any atom is -0.379 e. The van der Waals surface area contributed by atoms with Crippen LogP contribution in [-0.2, 0) is 14.6 Å². The van der Waals surface area contributed by atoms with Crippen LogP contribution in [0.2, 0.25) is 0 Å². The number of carbonyl (C=O) groups is 1. The van der Waals surface area contributed by atoms with Crippen LogP contribution in [0.3, 0.4) is 0 Å². The van der Waals surface area contributed by atoms with Crippen molar-refractivity contribution < 1.29 is 17.9 Å². The van der Waals surface area contributed by atoms with Crippen molar-refractivity contribution >= 4 is 15.7 Å². The highest BCUT2D eigenvalue weighted by molar-refractivity contribution is 7.91. The Labute approximate surface area is 144 Å². The Bertz CT molecular complexity index is 640. The minimum absolute atomic E-state index is 0.0170. The molecule has 1 aromatic rings. The second-order valence-electron chi connectivity index (χ2n) is 5.82. The fourth-order valence-corrected chi connectivity index (χ4v) is 3.76. The van der Waals surface area contributed by atoms with E-state index < -0.39 is 9.84 Å². The van der Waals surface area contributed by atoms with Gasteiger partial charge < -0.3 is 10.1 Å². The van der Waals surface area contributed by atoms with Crippen LogP contribution in [-0.4, -0.2) is 64.4 Å². The zero-order valence-corrected chi connectivity index (χ0v) is 15.0. The number of nitrogens with zero attached hydrogens (tertiary/aromatic N) is 1. The van der Waals surface area contributed by atoms with Crippen molar-refractivity contribution in [1.82, 2.24) is 10.2 Å². The topological polar surface area (TPSA) is 75.7 Å². The fourth-order valence-electron chi connectivity index (χ4n) is 2.66. The number of benzene rings is 1. The fraction of sp³-hybridized carbons (Fsp3) is 0.588. The molecule has 1 N–H and O–H groups in total. The molecule has 7 heteroatoms. The number of carbonyl (C=O) groups excluding carboxylic acids is 1. The molecule has 0 saturated carbocycles. The predicted molar refractivity (Wildman–Crippen MR) is 93.0 cm³/mol. The van der Waals surface area contributed by atoms with Gasteiger partial charge in [-0.25, -0.2) is 8.42 Å². The smallest absolute Gasteiger partial charge is 0.252 e. The lowest BCUT2D eigenvalue weighted by atomic mass is 10.2. The van der Waals surface area contributed by atoms with E-state index in [1.54, 1.807) is 25.1 Å². The minimum atomic E-state index is -3.40. The predicted octanol–water partition coefficient (Wildman–Crippen LogP) is 1.32. The number of hydrogen-bond acceptors (Lipinski definition) is 5. The van der Waals surface area contributed by atoms with E-state index >= 15 is 0 Å². The standard InChI is InChI=1S/C17H26N2O4S/c1-2-24(21,22)16-8-4-3-7-15(16)17(20)18-9-5-6-10-19-11-13-23-14-12-19/h3-4,7-8H,2,5-6,9-14H2,1H3,(H,18,20). The maximum absolute atomic E-state index is 12.3. The molecule has 1 aliphatic rings. The van der Waals surface area contributed by atoms with Gasteiger partial charge in [-0.2, -0.15) is 0 Å². The number of nitrogens with one attached hydrogen (secondary N) is 1. The lowest BCUT2D eigenvalue weighted by Gasteiger charge is -2.26. The molecule has 1 saturated heterocycles. The Hall–Kier alpha value is -1.44. The van der Waals surface area contributed by atoms with Gasteiger partial charge in [0.2, 0.25) is 0 Å². The maximum atomic E-state index is 12.3. The van der Waals surface area contributed by atoms with Gasteiger partial charge in [-0.05, 0) is 31.5 Å². The highest BCUT2D eigenvalue weighted by atomic mass is 32.2. The van der Waals surface area contributed by atoms with Crippen molar-refractivity contribution in [2.75, 3.05) is 45.1 Å². The zero-order valence-electron chi connectivity index (χ0n) is 14.2. The van der Waals surface area contributed by atoms with E-state index in [4.69, 9.17) is 4.74 Å². The van der Waals surface area contributed by atoms with E-state index in [2.05, 4.69) is 10.2 Å². The van der Waals surface area contributed by atoms with Crippen LogP contribution in [0.25, 0.3) is 0 Å². The molecule has 24 heavy (non-hydrogen) atoms. The summed E-state index contributed by atoms with van der Waals surface area (Å²) in [6, 6.07) is 6.38. The summed E-state index contributed by atoms with van der Waals surface area (Å²) < 4.78 is 29.5. The van der Waals surface area contributed by atoms with Gasteiger partial charge in [0.25, 0.3) is 5.91 Å². The average Bonchev–Trinajstić information content (AvgIpc) is 2.62. The summed E-state index contributed by atoms with van der Waals surface area (Å²) in [6.45, 7) is 6.64. The monoisotopic (exact) mass is 354 g/mol. The van der Waals surface area contributed by atoms with E-state index in [-0.39, 0.29) is 22.1 Å². The van der Waals surface area contributed by atoms with E-state index in [1.165, 1.54) is 6.07 Å². The molecule has 6 nitrogen and oxygen atoms in total. The van der Waals surface area contributed by atoms with Crippen LogP contribution in [0.15, 0.2) is 29.2 Å². The molecule has 1 fully saturated rings. The van der Waals surface area contributed by atoms with Crippen molar-refractivity contribution in [2.45, 2.75) is 24.7 Å². The van der Waals surface area contributed by atoms with Crippen LogP contribution in [0.4, 0.5) is 0 Å². The van der Waals surface area contributed by atoms with Crippen LogP contribution in [0.5, 0.6) is 0 Å². The first-order valence-corrected chi connectivity index (χ1v) is 10.1. The SMILES string of the molecule is CCS(=O)(=O)c1ccccc1C(=O)NCCCCN1CCOCC1. The first kappa shape index (κ1) is 18.9. The molecule has 1 aliphatic heterocycles. The third-order valence-corrected chi connectivity index (χ3v) is 5.92. The zero-order chi connectivity index (χ0) is 17.4. The van der Waals surface area contributed by atoms with Gasteiger partial charge in [0, 0.05) is 19.6 Å². The number of sulfone groups is 1. The van der Waals surface area contributed by atoms with Crippen molar-refractivity contribution in [3.05, 3.63) is 29.8 Å². The Kier molecular flexibility index (Phi) is 7.20. The van der Waals surface area contributed by atoms with Crippen molar-refractivity contribution in [3.63, 3.8) is 0 Å². The van der Waals surface area contributed by atoms with Crippen LogP contribution >= 0.6 is 0 Å². The number of amides is 1. The average molecular weight is 354 g/mol. The number of ether oxygens (including phenoxy) is 1. The van der Waals surface area contributed by atoms with Crippen LogP contribution in [0, 0.1) is 0 Å². The molecule has 0 unspecified atom stereocenters. The Morgan fingerprint density at radius 2 is 1.92 bits per heavy atom. The molecule has 0 atom stereocenters. The van der Waals surface area contributed by atoms with E-state index in [0.29, 0.717) is 6.54 Å². The van der Waals surface area contributed by atoms with E-state index in [0.717, 1.165) is 45.7 Å². The molecule has 1 amide bonds. The number of hydrogen-bond donors (Lipinski definition) is 1. The molecule has 0 radical (unpaired) electrons. The summed E-state index contributed by atoms with van der Waals surface area (Å²) in [5.74, 6) is -0.342. The molecular formula is C17H26N2O4S. The lowest BCUT2D eigenvalue weighted by molar-refractivity contribution is 0.0372. The van der Waals surface area contributed by atoms with Crippen molar-refractivity contribution in [3.8, 4) is 0 Å².